The van der Waals surface area contributed by atoms with Gasteiger partial charge in [-0.1, -0.05) is 50.0 Å². The fourth-order valence-electron chi connectivity index (χ4n) is 4.53. The van der Waals surface area contributed by atoms with Crippen LogP contribution in [0.5, 0.6) is 0 Å². The second-order valence-electron chi connectivity index (χ2n) is 10.5. The van der Waals surface area contributed by atoms with Gasteiger partial charge in [0.05, 0.1) is 15.6 Å². The Bertz CT molecular complexity index is 1140. The number of quaternary nitrogens is 1. The summed E-state index contributed by atoms with van der Waals surface area (Å²) < 4.78 is 10.0. The van der Waals surface area contributed by atoms with E-state index in [0.29, 0.717) is 24.3 Å². The number of hydrogen-bond acceptors (Lipinski definition) is 4. The molecular weight excluding hydrogens is 620 g/mol. The maximum Gasteiger partial charge on any atom is 0.359 e. The normalized spacial score (nSPS) is 18.1. The highest BCUT2D eigenvalue weighted by Crippen LogP contribution is 2.40. The summed E-state index contributed by atoms with van der Waals surface area (Å²) in [7, 11) is -1.16. The fourth-order valence-corrected chi connectivity index (χ4v) is 6.80. The Balaban J connectivity index is 1.48. The van der Waals surface area contributed by atoms with Gasteiger partial charge in [0.1, 0.15) is 12.4 Å². The van der Waals surface area contributed by atoms with Crippen molar-refractivity contribution in [1.82, 2.24) is 14.5 Å². The van der Waals surface area contributed by atoms with Crippen molar-refractivity contribution in [3.63, 3.8) is 0 Å². The molecule has 10 heteroatoms. The lowest BCUT2D eigenvalue weighted by Gasteiger charge is -2.26. The predicted molar refractivity (Wildman–Crippen MR) is 153 cm³/mol. The lowest BCUT2D eigenvalue weighted by Crippen LogP contribution is -2.89. The summed E-state index contributed by atoms with van der Waals surface area (Å²) in [6, 6.07) is 13.3. The van der Waals surface area contributed by atoms with Crippen molar-refractivity contribution in [2.75, 3.05) is 13.2 Å². The van der Waals surface area contributed by atoms with Crippen LogP contribution >= 0.6 is 43.6 Å². The van der Waals surface area contributed by atoms with Gasteiger partial charge >= 0.3 is 5.91 Å². The molecule has 2 aromatic heterocycles. The number of nitrogens with zero attached hydrogens (tertiary/aromatic N) is 2. The summed E-state index contributed by atoms with van der Waals surface area (Å²) in [4.78, 5) is 21.7. The van der Waals surface area contributed by atoms with Crippen LogP contribution in [-0.4, -0.2) is 41.7 Å². The molecule has 1 saturated carbocycles. The molecule has 0 spiro atoms. The number of rotatable bonds is 11. The van der Waals surface area contributed by atoms with E-state index in [1.165, 1.54) is 0 Å². The van der Waals surface area contributed by atoms with Crippen LogP contribution in [0.4, 0.5) is 0 Å². The van der Waals surface area contributed by atoms with Gasteiger partial charge in [-0.2, -0.15) is 11.8 Å². The Morgan fingerprint density at radius 2 is 2.06 bits per heavy atom. The first-order chi connectivity index (χ1) is 17.2. The number of ether oxygens (including phenoxy) is 1. The summed E-state index contributed by atoms with van der Waals surface area (Å²) >= 11 is 8.51. The number of amides is 1. The third-order valence-corrected chi connectivity index (χ3v) is 11.1. The number of aromatic amines is 1. The number of halogens is 2. The topological polar surface area (TPSA) is 76.5 Å². The molecule has 0 saturated heterocycles. The number of carbonyl (C=O) groups is 1. The molecule has 0 aliphatic heterocycles. The molecular formula is C26H34Br2N4O2SSi. The van der Waals surface area contributed by atoms with Crippen molar-refractivity contribution in [2.45, 2.75) is 67.6 Å². The van der Waals surface area contributed by atoms with Crippen LogP contribution < -0.4 is 5.32 Å². The molecule has 0 bridgehead atoms. The Morgan fingerprint density at radius 1 is 1.28 bits per heavy atom. The van der Waals surface area contributed by atoms with Gasteiger partial charge in [0, 0.05) is 25.8 Å². The van der Waals surface area contributed by atoms with E-state index in [9.17, 15) is 4.79 Å². The Labute approximate surface area is 235 Å². The van der Waals surface area contributed by atoms with E-state index in [2.05, 4.69) is 79.4 Å². The van der Waals surface area contributed by atoms with Crippen LogP contribution in [0.15, 0.2) is 55.5 Å². The molecule has 1 aliphatic rings. The molecule has 3 aromatic rings. The van der Waals surface area contributed by atoms with E-state index >= 15 is 0 Å². The molecule has 1 amide bonds. The molecule has 194 valence electrons. The molecule has 3 N–H and O–H groups in total. The molecule has 4 rings (SSSR count). The van der Waals surface area contributed by atoms with Crippen LogP contribution in [-0.2, 0) is 11.5 Å². The molecule has 2 heterocycles. The van der Waals surface area contributed by atoms with Crippen molar-refractivity contribution < 1.29 is 14.8 Å². The number of nitrogens with one attached hydrogen (secondary N) is 1. The number of primary amides is 1. The summed E-state index contributed by atoms with van der Waals surface area (Å²) in [6.07, 6.45) is 6.69. The fraction of sp³-hybridized carbons (Fsp3) is 0.462. The lowest BCUT2D eigenvalue weighted by molar-refractivity contribution is -0.562. The Hall–Kier alpha value is -1.17. The maximum absolute atomic E-state index is 12.8. The zero-order valence-electron chi connectivity index (χ0n) is 21.0. The highest BCUT2D eigenvalue weighted by Gasteiger charge is 2.31. The van der Waals surface area contributed by atoms with Gasteiger partial charge < -0.3 is 19.3 Å². The molecule has 0 radical (unpaired) electrons. The number of hydrogen-bond donors (Lipinski definition) is 2. The van der Waals surface area contributed by atoms with E-state index in [1.54, 1.807) is 11.8 Å². The van der Waals surface area contributed by atoms with Crippen LogP contribution in [0.3, 0.4) is 0 Å². The molecule has 1 aliphatic carbocycles. The molecule has 1 fully saturated rings. The number of H-pyrrole nitrogens is 1. The summed E-state index contributed by atoms with van der Waals surface area (Å²) in [6.45, 7) is 9.11. The van der Waals surface area contributed by atoms with Gasteiger partial charge in [0.25, 0.3) is 0 Å². The molecule has 6 nitrogen and oxygen atoms in total. The Kier molecular flexibility index (Phi) is 9.73. The van der Waals surface area contributed by atoms with Gasteiger partial charge in [0.2, 0.25) is 0 Å². The van der Waals surface area contributed by atoms with Crippen molar-refractivity contribution in [1.29, 1.82) is 0 Å². The molecule has 36 heavy (non-hydrogen) atoms. The predicted octanol–water partition coefficient (Wildman–Crippen LogP) is 6.29. The summed E-state index contributed by atoms with van der Waals surface area (Å²) in [5.41, 5.74) is 1.70. The average Bonchev–Trinajstić information content (AvgIpc) is 3.54. The zero-order chi connectivity index (χ0) is 25.7. The minimum Gasteiger partial charge on any atom is -0.430 e. The third kappa shape index (κ3) is 7.45. The second-order valence-corrected chi connectivity index (χ2v) is 18.8. The van der Waals surface area contributed by atoms with E-state index in [-0.39, 0.29) is 5.91 Å². The number of nitrogens with two attached hydrogens (primary N) is 1. The van der Waals surface area contributed by atoms with Gasteiger partial charge in [-0.15, -0.1) is 6.20 Å². The van der Waals surface area contributed by atoms with Crippen LogP contribution in [0.2, 0.25) is 25.7 Å². The average molecular weight is 655 g/mol. The van der Waals surface area contributed by atoms with Crippen LogP contribution in [0.1, 0.15) is 41.4 Å². The largest absolute Gasteiger partial charge is 0.430 e. The van der Waals surface area contributed by atoms with E-state index in [4.69, 9.17) is 9.72 Å². The quantitative estimate of drug-likeness (QED) is 0.145. The first kappa shape index (κ1) is 27.9. The highest BCUT2D eigenvalue weighted by molar-refractivity contribution is 9.13. The van der Waals surface area contributed by atoms with Crippen LogP contribution in [0.25, 0.3) is 0 Å². The smallest absolute Gasteiger partial charge is 0.359 e. The van der Waals surface area contributed by atoms with E-state index in [0.717, 1.165) is 63.3 Å². The molecule has 2 atom stereocenters. The first-order valence-electron chi connectivity index (χ1n) is 12.4. The monoisotopic (exact) mass is 652 g/mol. The summed E-state index contributed by atoms with van der Waals surface area (Å²) in [5, 5.41) is 2.74. The Morgan fingerprint density at radius 3 is 2.75 bits per heavy atom. The van der Waals surface area contributed by atoms with Crippen molar-refractivity contribution in [2.24, 2.45) is 5.92 Å². The SMILES string of the molecule is C[Si](C)(C)CCOCn1c([C@@H]2CCC[C@H]2C[NH2+]C(=O)c2cc(Br)c(Br)[nH]2)[c-]nc1Sc1ccccc1. The number of imidazole rings is 1. The standard InChI is InChI=1S/C26H33Br2N4O2SSi/c1-36(2,3)13-12-34-17-32-23(16-30-26(32)35-19-9-5-4-6-10-19)20-11-7-8-18(20)15-29-25(33)22-14-21(27)24(28)31-22/h4-6,9-10,14,18,20,31H,7-8,11-13,15,17H2,1-3H3,(H,29,33)/q-1/p+1/t18-,20+/m0/s1. The van der Waals surface area contributed by atoms with Crippen molar-refractivity contribution in [3.05, 3.63) is 63.1 Å². The van der Waals surface area contributed by atoms with Crippen molar-refractivity contribution in [3.8, 4) is 0 Å². The molecule has 1 aromatic carbocycles. The van der Waals surface area contributed by atoms with Crippen LogP contribution in [0, 0.1) is 12.1 Å². The lowest BCUT2D eigenvalue weighted by atomic mass is 9.93. The highest BCUT2D eigenvalue weighted by atomic mass is 79.9. The van der Waals surface area contributed by atoms with E-state index in [1.807, 2.05) is 29.6 Å². The van der Waals surface area contributed by atoms with Gasteiger partial charge in [-0.25, -0.2) is 4.79 Å². The second kappa shape index (κ2) is 12.6. The first-order valence-corrected chi connectivity index (χ1v) is 18.5. The number of carbonyl (C=O) groups excluding carboxylic acids is 1. The van der Waals surface area contributed by atoms with Gasteiger partial charge in [-0.3, -0.25) is 5.32 Å². The van der Waals surface area contributed by atoms with E-state index < -0.39 is 8.07 Å². The molecule has 0 unspecified atom stereocenters. The number of benzene rings is 1. The maximum atomic E-state index is 12.8. The van der Waals surface area contributed by atoms with Crippen molar-refractivity contribution >= 4 is 57.6 Å². The zero-order valence-corrected chi connectivity index (χ0v) is 26.0. The summed E-state index contributed by atoms with van der Waals surface area (Å²) in [5.74, 6) is 0.730. The minimum absolute atomic E-state index is 0.0274. The number of aromatic nitrogens is 3. The van der Waals surface area contributed by atoms with Gasteiger partial charge in [-0.05, 0) is 79.8 Å². The third-order valence-electron chi connectivity index (χ3n) is 6.56. The minimum atomic E-state index is -1.16. The van der Waals surface area contributed by atoms with Gasteiger partial charge in [0.15, 0.2) is 0 Å².